The molecule has 0 aliphatic heterocycles. The van der Waals surface area contributed by atoms with Crippen LogP contribution in [0.25, 0.3) is 10.9 Å². The quantitative estimate of drug-likeness (QED) is 0.797. The van der Waals surface area contributed by atoms with Gasteiger partial charge in [-0.05, 0) is 30.7 Å². The van der Waals surface area contributed by atoms with E-state index >= 15 is 0 Å². The van der Waals surface area contributed by atoms with Crippen LogP contribution in [0.1, 0.15) is 18.9 Å². The number of hydrogen-bond acceptors (Lipinski definition) is 3. The molecule has 0 saturated heterocycles. The minimum absolute atomic E-state index is 0.0960. The minimum Gasteiger partial charge on any atom is -0.385 e. The van der Waals surface area contributed by atoms with Crippen LogP contribution in [0.3, 0.4) is 0 Å². The molecule has 0 amide bonds. The molecular weight excluding hydrogens is 202 g/mol. The van der Waals surface area contributed by atoms with Crippen molar-refractivity contribution in [2.45, 2.75) is 18.9 Å². The van der Waals surface area contributed by atoms with Gasteiger partial charge in [0.2, 0.25) is 0 Å². The third kappa shape index (κ3) is 1.95. The van der Waals surface area contributed by atoms with Gasteiger partial charge < -0.3 is 9.90 Å². The predicted octanol–water partition coefficient (Wildman–Crippen LogP) is 2.03. The topological polar surface area (TPSA) is 50.2 Å². The number of rotatable bonds is 3. The Bertz CT molecular complexity index is 520. The molecule has 0 saturated carbocycles. The van der Waals surface area contributed by atoms with Crippen LogP contribution < -0.4 is 0 Å². The average molecular weight is 215 g/mol. The van der Waals surface area contributed by atoms with Gasteiger partial charge in [0, 0.05) is 18.0 Å². The first kappa shape index (κ1) is 10.8. The largest absolute Gasteiger partial charge is 0.385 e. The zero-order valence-electron chi connectivity index (χ0n) is 9.05. The van der Waals surface area contributed by atoms with Gasteiger partial charge in [0.15, 0.2) is 0 Å². The zero-order valence-corrected chi connectivity index (χ0v) is 9.05. The van der Waals surface area contributed by atoms with E-state index < -0.39 is 5.60 Å². The molecule has 1 N–H and O–H groups in total. The number of nitrogens with zero attached hydrogens (tertiary/aromatic N) is 1. The first-order chi connectivity index (χ1) is 7.63. The molecule has 0 radical (unpaired) electrons. The monoisotopic (exact) mass is 215 g/mol. The summed E-state index contributed by atoms with van der Waals surface area (Å²) < 4.78 is 0. The van der Waals surface area contributed by atoms with Crippen molar-refractivity contribution < 1.29 is 9.90 Å². The van der Waals surface area contributed by atoms with E-state index in [1.165, 1.54) is 0 Å². The lowest BCUT2D eigenvalue weighted by Gasteiger charge is -2.21. The summed E-state index contributed by atoms with van der Waals surface area (Å²) in [5, 5.41) is 11.1. The van der Waals surface area contributed by atoms with Crippen molar-refractivity contribution in [3.63, 3.8) is 0 Å². The summed E-state index contributed by atoms with van der Waals surface area (Å²) >= 11 is 0. The first-order valence-corrected chi connectivity index (χ1v) is 5.15. The van der Waals surface area contributed by atoms with E-state index in [4.69, 9.17) is 0 Å². The Hall–Kier alpha value is -1.74. The standard InChI is InChI=1S/C13H13NO2/c1-13(16,6-8-15)11-4-5-12-10(9-11)3-2-7-14-12/h2-5,7-9,16H,6H2,1H3. The number of carbonyl (C=O) groups excluding carboxylic acids is 1. The minimum atomic E-state index is -1.11. The highest BCUT2D eigenvalue weighted by molar-refractivity contribution is 5.79. The summed E-state index contributed by atoms with van der Waals surface area (Å²) in [5.41, 5.74) is 0.513. The van der Waals surface area contributed by atoms with Crippen molar-refractivity contribution in [2.75, 3.05) is 0 Å². The molecule has 0 bridgehead atoms. The Morgan fingerprint density at radius 2 is 2.25 bits per heavy atom. The number of pyridine rings is 1. The van der Waals surface area contributed by atoms with Crippen LogP contribution in [0, 0.1) is 0 Å². The Balaban J connectivity index is 2.50. The molecule has 82 valence electrons. The molecule has 0 aliphatic rings. The van der Waals surface area contributed by atoms with Crippen LogP contribution in [0.2, 0.25) is 0 Å². The fraction of sp³-hybridized carbons (Fsp3) is 0.231. The van der Waals surface area contributed by atoms with Gasteiger partial charge in [-0.2, -0.15) is 0 Å². The lowest BCUT2D eigenvalue weighted by molar-refractivity contribution is -0.112. The molecule has 0 aliphatic carbocycles. The highest BCUT2D eigenvalue weighted by Gasteiger charge is 2.22. The van der Waals surface area contributed by atoms with Gasteiger partial charge in [0.1, 0.15) is 6.29 Å². The summed E-state index contributed by atoms with van der Waals surface area (Å²) in [5.74, 6) is 0. The van der Waals surface area contributed by atoms with Gasteiger partial charge in [0.25, 0.3) is 0 Å². The predicted molar refractivity (Wildman–Crippen MR) is 62.0 cm³/mol. The van der Waals surface area contributed by atoms with E-state index in [1.807, 2.05) is 24.3 Å². The van der Waals surface area contributed by atoms with Crippen LogP contribution in [0.15, 0.2) is 36.5 Å². The van der Waals surface area contributed by atoms with Crippen LogP contribution in [0.5, 0.6) is 0 Å². The van der Waals surface area contributed by atoms with Crippen molar-refractivity contribution in [3.05, 3.63) is 42.1 Å². The molecule has 1 heterocycles. The van der Waals surface area contributed by atoms with Gasteiger partial charge in [-0.1, -0.05) is 12.1 Å². The second-order valence-electron chi connectivity index (χ2n) is 4.06. The van der Waals surface area contributed by atoms with Crippen LogP contribution >= 0.6 is 0 Å². The maximum absolute atomic E-state index is 10.5. The number of aliphatic hydroxyl groups is 1. The second-order valence-corrected chi connectivity index (χ2v) is 4.06. The highest BCUT2D eigenvalue weighted by Crippen LogP contribution is 2.26. The maximum Gasteiger partial charge on any atom is 0.123 e. The van der Waals surface area contributed by atoms with E-state index in [2.05, 4.69) is 4.98 Å². The number of fused-ring (bicyclic) bond motifs is 1. The summed E-state index contributed by atoms with van der Waals surface area (Å²) in [6.07, 6.45) is 2.55. The number of hydrogen-bond donors (Lipinski definition) is 1. The van der Waals surface area contributed by atoms with E-state index in [-0.39, 0.29) is 6.42 Å². The summed E-state index contributed by atoms with van der Waals surface area (Å²) in [6, 6.07) is 9.30. The fourth-order valence-electron chi connectivity index (χ4n) is 1.69. The molecule has 1 aromatic carbocycles. The molecule has 16 heavy (non-hydrogen) atoms. The Kier molecular flexibility index (Phi) is 2.71. The lowest BCUT2D eigenvalue weighted by atomic mass is 9.92. The van der Waals surface area contributed by atoms with E-state index in [0.29, 0.717) is 0 Å². The summed E-state index contributed by atoms with van der Waals surface area (Å²) in [4.78, 5) is 14.7. The Labute approximate surface area is 93.7 Å². The van der Waals surface area contributed by atoms with E-state index in [0.717, 1.165) is 22.8 Å². The normalized spacial score (nSPS) is 14.6. The molecule has 3 heteroatoms. The van der Waals surface area contributed by atoms with Gasteiger partial charge in [-0.3, -0.25) is 4.98 Å². The van der Waals surface area contributed by atoms with Crippen LogP contribution in [-0.2, 0) is 10.4 Å². The molecular formula is C13H13NO2. The highest BCUT2D eigenvalue weighted by atomic mass is 16.3. The third-order valence-electron chi connectivity index (χ3n) is 2.71. The molecule has 2 rings (SSSR count). The molecule has 0 fully saturated rings. The van der Waals surface area contributed by atoms with Crippen molar-refractivity contribution in [1.82, 2.24) is 4.98 Å². The van der Waals surface area contributed by atoms with Gasteiger partial charge in [-0.15, -0.1) is 0 Å². The number of benzene rings is 1. The fourth-order valence-corrected chi connectivity index (χ4v) is 1.69. The van der Waals surface area contributed by atoms with E-state index in [9.17, 15) is 9.90 Å². The van der Waals surface area contributed by atoms with Crippen molar-refractivity contribution in [2.24, 2.45) is 0 Å². The molecule has 1 aromatic heterocycles. The van der Waals surface area contributed by atoms with Crippen molar-refractivity contribution in [3.8, 4) is 0 Å². The van der Waals surface area contributed by atoms with Crippen LogP contribution in [-0.4, -0.2) is 16.4 Å². The van der Waals surface area contributed by atoms with Gasteiger partial charge >= 0.3 is 0 Å². The maximum atomic E-state index is 10.5. The molecule has 1 unspecified atom stereocenters. The first-order valence-electron chi connectivity index (χ1n) is 5.15. The zero-order chi connectivity index (χ0) is 11.6. The van der Waals surface area contributed by atoms with Gasteiger partial charge in [0.05, 0.1) is 11.1 Å². The average Bonchev–Trinajstić information content (AvgIpc) is 2.28. The summed E-state index contributed by atoms with van der Waals surface area (Å²) in [6.45, 7) is 1.64. The Morgan fingerprint density at radius 3 is 3.00 bits per heavy atom. The number of aldehydes is 1. The molecule has 1 atom stereocenters. The molecule has 2 aromatic rings. The van der Waals surface area contributed by atoms with Crippen LogP contribution in [0.4, 0.5) is 0 Å². The Morgan fingerprint density at radius 1 is 1.44 bits per heavy atom. The number of aromatic nitrogens is 1. The van der Waals surface area contributed by atoms with Crippen molar-refractivity contribution in [1.29, 1.82) is 0 Å². The van der Waals surface area contributed by atoms with Crippen molar-refractivity contribution >= 4 is 17.2 Å². The second kappa shape index (κ2) is 4.02. The molecule has 0 spiro atoms. The SMILES string of the molecule is CC(O)(CC=O)c1ccc2ncccc2c1. The smallest absolute Gasteiger partial charge is 0.123 e. The van der Waals surface area contributed by atoms with Gasteiger partial charge in [-0.25, -0.2) is 0 Å². The third-order valence-corrected chi connectivity index (χ3v) is 2.71. The molecule has 3 nitrogen and oxygen atoms in total. The summed E-state index contributed by atoms with van der Waals surface area (Å²) in [7, 11) is 0. The lowest BCUT2D eigenvalue weighted by Crippen LogP contribution is -2.21. The number of carbonyl (C=O) groups is 1. The van der Waals surface area contributed by atoms with E-state index in [1.54, 1.807) is 19.2 Å².